The Morgan fingerprint density at radius 2 is 1.90 bits per heavy atom. The molecule has 5 heteroatoms. The summed E-state index contributed by atoms with van der Waals surface area (Å²) >= 11 is 2.23. The second kappa shape index (κ2) is 7.83. The van der Waals surface area contributed by atoms with Gasteiger partial charge in [0.1, 0.15) is 5.75 Å². The van der Waals surface area contributed by atoms with Crippen LogP contribution in [0.1, 0.15) is 13.8 Å². The van der Waals surface area contributed by atoms with Gasteiger partial charge in [-0.25, -0.2) is 0 Å². The van der Waals surface area contributed by atoms with Crippen LogP contribution >= 0.6 is 22.6 Å². The van der Waals surface area contributed by atoms with Gasteiger partial charge in [-0.3, -0.25) is 4.79 Å². The van der Waals surface area contributed by atoms with Crippen LogP contribution in [0.25, 0.3) is 0 Å². The predicted octanol–water partition coefficient (Wildman–Crippen LogP) is 2.37. The van der Waals surface area contributed by atoms with Crippen molar-refractivity contribution >= 4 is 28.5 Å². The van der Waals surface area contributed by atoms with Gasteiger partial charge < -0.3 is 15.0 Å². The summed E-state index contributed by atoms with van der Waals surface area (Å²) in [5.41, 5.74) is 0.0437. The van der Waals surface area contributed by atoms with Crippen molar-refractivity contribution in [3.05, 3.63) is 27.8 Å². The number of nitrogens with one attached hydrogen (secondary N) is 1. The van der Waals surface area contributed by atoms with E-state index in [1.54, 1.807) is 0 Å². The van der Waals surface area contributed by atoms with Crippen molar-refractivity contribution in [3.8, 4) is 5.75 Å². The first-order valence-corrected chi connectivity index (χ1v) is 7.66. The molecule has 1 aromatic rings. The topological polar surface area (TPSA) is 41.6 Å². The molecule has 0 aliphatic rings. The van der Waals surface area contributed by atoms with E-state index < -0.39 is 0 Å². The zero-order valence-electron chi connectivity index (χ0n) is 12.6. The lowest BCUT2D eigenvalue weighted by atomic mass is 9.93. The first kappa shape index (κ1) is 17.2. The van der Waals surface area contributed by atoms with E-state index in [0.29, 0.717) is 12.3 Å². The molecule has 0 atom stereocenters. The summed E-state index contributed by atoms with van der Waals surface area (Å²) in [5.74, 6) is 0.628. The number of benzene rings is 1. The number of nitrogens with zero attached hydrogens (tertiary/aromatic N) is 1. The summed E-state index contributed by atoms with van der Waals surface area (Å²) in [5, 5.41) is 2.92. The van der Waals surface area contributed by atoms with Gasteiger partial charge in [-0.15, -0.1) is 0 Å². The highest BCUT2D eigenvalue weighted by Gasteiger charge is 2.19. The summed E-state index contributed by atoms with van der Waals surface area (Å²) in [6.07, 6.45) is 0. The Labute approximate surface area is 135 Å². The number of hydrogen-bond acceptors (Lipinski definition) is 3. The van der Waals surface area contributed by atoms with Crippen LogP contribution in [-0.2, 0) is 4.79 Å². The van der Waals surface area contributed by atoms with Crippen molar-refractivity contribution in [1.29, 1.82) is 0 Å². The molecule has 0 heterocycles. The lowest BCUT2D eigenvalue weighted by Gasteiger charge is -2.28. The van der Waals surface area contributed by atoms with E-state index in [1.165, 1.54) is 0 Å². The van der Waals surface area contributed by atoms with Crippen molar-refractivity contribution in [3.63, 3.8) is 0 Å². The molecule has 0 aliphatic heterocycles. The molecule has 0 aromatic heterocycles. The quantitative estimate of drug-likeness (QED) is 0.727. The highest BCUT2D eigenvalue weighted by molar-refractivity contribution is 14.1. The van der Waals surface area contributed by atoms with Crippen LogP contribution < -0.4 is 10.1 Å². The number of amides is 1. The molecule has 1 rings (SSSR count). The third-order valence-corrected chi connectivity index (χ3v) is 3.41. The molecule has 0 spiro atoms. The van der Waals surface area contributed by atoms with E-state index in [-0.39, 0.29) is 17.9 Å². The Balaban J connectivity index is 2.32. The molecule has 20 heavy (non-hydrogen) atoms. The number of rotatable bonds is 7. The number of carbonyl (C=O) groups excluding carboxylic acids is 1. The summed E-state index contributed by atoms with van der Waals surface area (Å²) in [6, 6.07) is 7.64. The third kappa shape index (κ3) is 7.09. The summed E-state index contributed by atoms with van der Waals surface area (Å²) in [7, 11) is 4.06. The lowest BCUT2D eigenvalue weighted by molar-refractivity contribution is -0.123. The van der Waals surface area contributed by atoms with Gasteiger partial charge in [-0.1, -0.05) is 13.8 Å². The highest BCUT2D eigenvalue weighted by atomic mass is 127. The van der Waals surface area contributed by atoms with E-state index >= 15 is 0 Å². The van der Waals surface area contributed by atoms with Crippen LogP contribution in [-0.4, -0.2) is 44.6 Å². The smallest absolute Gasteiger partial charge is 0.257 e. The van der Waals surface area contributed by atoms with Crippen LogP contribution in [0.15, 0.2) is 24.3 Å². The number of ether oxygens (including phenoxy) is 1. The summed E-state index contributed by atoms with van der Waals surface area (Å²) in [6.45, 7) is 5.88. The van der Waals surface area contributed by atoms with E-state index in [4.69, 9.17) is 4.74 Å². The van der Waals surface area contributed by atoms with Crippen molar-refractivity contribution < 1.29 is 9.53 Å². The minimum absolute atomic E-state index is 0.0437. The Morgan fingerprint density at radius 3 is 2.45 bits per heavy atom. The fourth-order valence-electron chi connectivity index (χ4n) is 1.98. The second-order valence-electron chi connectivity index (χ2n) is 5.92. The number of halogens is 1. The molecule has 112 valence electrons. The van der Waals surface area contributed by atoms with Crippen LogP contribution in [0, 0.1) is 8.99 Å². The van der Waals surface area contributed by atoms with Gasteiger partial charge in [0.15, 0.2) is 6.61 Å². The zero-order chi connectivity index (χ0) is 15.2. The van der Waals surface area contributed by atoms with Crippen LogP contribution in [0.5, 0.6) is 5.75 Å². The van der Waals surface area contributed by atoms with Gasteiger partial charge in [-0.05, 0) is 66.4 Å². The molecule has 0 fully saturated rings. The number of carbonyl (C=O) groups is 1. The fourth-order valence-corrected chi connectivity index (χ4v) is 2.34. The van der Waals surface area contributed by atoms with Crippen molar-refractivity contribution in [2.24, 2.45) is 5.41 Å². The Kier molecular flexibility index (Phi) is 6.75. The SMILES string of the molecule is CN(C)CC(C)(C)CNC(=O)COc1ccc(I)cc1. The molecule has 0 unspecified atom stereocenters. The largest absolute Gasteiger partial charge is 0.484 e. The molecule has 4 nitrogen and oxygen atoms in total. The lowest BCUT2D eigenvalue weighted by Crippen LogP contribution is -2.41. The maximum absolute atomic E-state index is 11.8. The molecule has 1 amide bonds. The molecule has 0 saturated carbocycles. The summed E-state index contributed by atoms with van der Waals surface area (Å²) < 4.78 is 6.59. The average molecular weight is 390 g/mol. The van der Waals surface area contributed by atoms with Crippen molar-refractivity contribution in [2.75, 3.05) is 33.8 Å². The Hall–Kier alpha value is -0.820. The third-order valence-electron chi connectivity index (χ3n) is 2.69. The summed E-state index contributed by atoms with van der Waals surface area (Å²) in [4.78, 5) is 13.9. The monoisotopic (exact) mass is 390 g/mol. The Bertz CT molecular complexity index is 430. The molecular weight excluding hydrogens is 367 g/mol. The highest BCUT2D eigenvalue weighted by Crippen LogP contribution is 2.15. The molecule has 1 N–H and O–H groups in total. The standard InChI is InChI=1S/C15H23IN2O2/c1-15(2,11-18(3)4)10-17-14(19)9-20-13-7-5-12(16)6-8-13/h5-8H,9-11H2,1-4H3,(H,17,19). The van der Waals surface area contributed by atoms with Gasteiger partial charge in [0.05, 0.1) is 0 Å². The van der Waals surface area contributed by atoms with Crippen molar-refractivity contribution in [2.45, 2.75) is 13.8 Å². The minimum Gasteiger partial charge on any atom is -0.484 e. The van der Waals surface area contributed by atoms with Gasteiger partial charge in [0, 0.05) is 16.7 Å². The van der Waals surface area contributed by atoms with Crippen LogP contribution in [0.2, 0.25) is 0 Å². The zero-order valence-corrected chi connectivity index (χ0v) is 14.7. The van der Waals surface area contributed by atoms with Crippen LogP contribution in [0.4, 0.5) is 0 Å². The fraction of sp³-hybridized carbons (Fsp3) is 0.533. The molecule has 0 aliphatic carbocycles. The molecular formula is C15H23IN2O2. The molecule has 0 saturated heterocycles. The average Bonchev–Trinajstić information content (AvgIpc) is 2.34. The normalized spacial score (nSPS) is 11.5. The first-order chi connectivity index (χ1) is 9.28. The van der Waals surface area contributed by atoms with Gasteiger partial charge >= 0.3 is 0 Å². The molecule has 0 bridgehead atoms. The molecule has 0 radical (unpaired) electrons. The van der Waals surface area contributed by atoms with Crippen molar-refractivity contribution in [1.82, 2.24) is 10.2 Å². The maximum Gasteiger partial charge on any atom is 0.257 e. The van der Waals surface area contributed by atoms with Gasteiger partial charge in [0.25, 0.3) is 5.91 Å². The van der Waals surface area contributed by atoms with Gasteiger partial charge in [-0.2, -0.15) is 0 Å². The van der Waals surface area contributed by atoms with Gasteiger partial charge in [0.2, 0.25) is 0 Å². The molecule has 1 aromatic carbocycles. The predicted molar refractivity (Wildman–Crippen MR) is 90.0 cm³/mol. The van der Waals surface area contributed by atoms with E-state index in [9.17, 15) is 4.79 Å². The minimum atomic E-state index is -0.0876. The first-order valence-electron chi connectivity index (χ1n) is 6.58. The van der Waals surface area contributed by atoms with E-state index in [2.05, 4.69) is 46.7 Å². The van der Waals surface area contributed by atoms with Crippen LogP contribution in [0.3, 0.4) is 0 Å². The van der Waals surface area contributed by atoms with E-state index in [0.717, 1.165) is 10.1 Å². The second-order valence-corrected chi connectivity index (χ2v) is 7.17. The van der Waals surface area contributed by atoms with E-state index in [1.807, 2.05) is 38.4 Å². The Morgan fingerprint density at radius 1 is 1.30 bits per heavy atom. The number of hydrogen-bond donors (Lipinski definition) is 1. The maximum atomic E-state index is 11.8.